The number of nitrogens with one attached hydrogen (secondary N) is 2. The zero-order valence-corrected chi connectivity index (χ0v) is 15.4. The Morgan fingerprint density at radius 2 is 2.15 bits per heavy atom. The highest BCUT2D eigenvalue weighted by Gasteiger charge is 2.37. The van der Waals surface area contributed by atoms with E-state index in [0.29, 0.717) is 17.3 Å². The second-order valence-corrected chi connectivity index (χ2v) is 7.19. The number of nitrogens with zero attached hydrogens (tertiary/aromatic N) is 3. The van der Waals surface area contributed by atoms with Gasteiger partial charge in [0.1, 0.15) is 11.4 Å². The van der Waals surface area contributed by atoms with Crippen molar-refractivity contribution in [3.05, 3.63) is 40.5 Å². The molecule has 1 aromatic carbocycles. The van der Waals surface area contributed by atoms with E-state index >= 15 is 0 Å². The number of anilines is 3. The Labute approximate surface area is 155 Å². The van der Waals surface area contributed by atoms with E-state index in [4.69, 9.17) is 17.3 Å². The van der Waals surface area contributed by atoms with Crippen LogP contribution in [0, 0.1) is 6.92 Å². The first kappa shape index (κ1) is 17.9. The smallest absolute Gasteiger partial charge is 0.324 e. The van der Waals surface area contributed by atoms with Gasteiger partial charge >= 0.3 is 6.03 Å². The Morgan fingerprint density at radius 1 is 1.42 bits per heavy atom. The van der Waals surface area contributed by atoms with Gasteiger partial charge in [0, 0.05) is 16.9 Å². The van der Waals surface area contributed by atoms with Crippen LogP contribution in [0.4, 0.5) is 22.2 Å². The molecule has 0 atom stereocenters. The van der Waals surface area contributed by atoms with Crippen molar-refractivity contribution in [2.75, 3.05) is 22.5 Å². The van der Waals surface area contributed by atoms with Gasteiger partial charge in [0.15, 0.2) is 0 Å². The average Bonchev–Trinajstić information content (AvgIpc) is 2.83. The SMILES string of the molecule is Cc1ccc(NC(=O)c2cnc(N3CC(C)(C)NC3=O)nc2N)cc1Cl. The maximum Gasteiger partial charge on any atom is 0.324 e. The fourth-order valence-electron chi connectivity index (χ4n) is 2.58. The van der Waals surface area contributed by atoms with Crippen molar-refractivity contribution in [3.8, 4) is 0 Å². The molecule has 2 heterocycles. The third-order valence-electron chi connectivity index (χ3n) is 3.97. The number of aryl methyl sites for hydroxylation is 1. The highest BCUT2D eigenvalue weighted by atomic mass is 35.5. The van der Waals surface area contributed by atoms with Crippen molar-refractivity contribution in [2.24, 2.45) is 0 Å². The van der Waals surface area contributed by atoms with E-state index in [9.17, 15) is 9.59 Å². The van der Waals surface area contributed by atoms with Gasteiger partial charge in [-0.2, -0.15) is 4.98 Å². The number of carbonyl (C=O) groups excluding carboxylic acids is 2. The Morgan fingerprint density at radius 3 is 2.73 bits per heavy atom. The van der Waals surface area contributed by atoms with Crippen LogP contribution in [0.25, 0.3) is 0 Å². The number of hydrogen-bond donors (Lipinski definition) is 3. The van der Waals surface area contributed by atoms with E-state index < -0.39 is 11.4 Å². The Bertz CT molecular complexity index is 899. The predicted octanol–water partition coefficient (Wildman–Crippen LogP) is 2.58. The maximum absolute atomic E-state index is 12.4. The van der Waals surface area contributed by atoms with Crippen LogP contribution in [-0.2, 0) is 0 Å². The Kier molecular flexibility index (Phi) is 4.45. The Hall–Kier alpha value is -2.87. The molecule has 1 saturated heterocycles. The van der Waals surface area contributed by atoms with Crippen LogP contribution in [0.3, 0.4) is 0 Å². The Balaban J connectivity index is 1.80. The number of nitrogens with two attached hydrogens (primary N) is 1. The van der Waals surface area contributed by atoms with Gasteiger partial charge in [0.05, 0.1) is 12.1 Å². The zero-order chi connectivity index (χ0) is 19.1. The summed E-state index contributed by atoms with van der Waals surface area (Å²) in [6, 6.07) is 4.88. The number of hydrogen-bond acceptors (Lipinski definition) is 5. The first-order chi connectivity index (χ1) is 12.2. The molecule has 3 rings (SSSR count). The van der Waals surface area contributed by atoms with Gasteiger partial charge in [0.25, 0.3) is 5.91 Å². The van der Waals surface area contributed by atoms with Crippen molar-refractivity contribution < 1.29 is 9.59 Å². The van der Waals surface area contributed by atoms with E-state index in [1.54, 1.807) is 18.2 Å². The number of amides is 3. The van der Waals surface area contributed by atoms with E-state index in [1.165, 1.54) is 11.1 Å². The molecule has 0 bridgehead atoms. The van der Waals surface area contributed by atoms with Crippen LogP contribution in [0.1, 0.15) is 29.8 Å². The normalized spacial score (nSPS) is 15.7. The van der Waals surface area contributed by atoms with Gasteiger partial charge in [0.2, 0.25) is 5.95 Å². The van der Waals surface area contributed by atoms with E-state index in [1.807, 2.05) is 20.8 Å². The predicted molar refractivity (Wildman–Crippen MR) is 101 cm³/mol. The van der Waals surface area contributed by atoms with Gasteiger partial charge in [-0.1, -0.05) is 17.7 Å². The summed E-state index contributed by atoms with van der Waals surface area (Å²) in [5.74, 6) is -0.316. The van der Waals surface area contributed by atoms with Gasteiger partial charge < -0.3 is 16.4 Å². The average molecular weight is 375 g/mol. The molecule has 0 unspecified atom stereocenters. The molecule has 4 N–H and O–H groups in total. The summed E-state index contributed by atoms with van der Waals surface area (Å²) in [6.07, 6.45) is 1.31. The number of urea groups is 1. The fourth-order valence-corrected chi connectivity index (χ4v) is 2.76. The molecule has 1 aliphatic heterocycles. The number of halogens is 1. The summed E-state index contributed by atoms with van der Waals surface area (Å²) in [5, 5.41) is 6.06. The minimum atomic E-state index is -0.458. The number of carbonyl (C=O) groups is 2. The van der Waals surface area contributed by atoms with E-state index in [0.717, 1.165) is 5.56 Å². The maximum atomic E-state index is 12.4. The molecular weight excluding hydrogens is 356 g/mol. The topological polar surface area (TPSA) is 113 Å². The van der Waals surface area contributed by atoms with Gasteiger partial charge in [-0.3, -0.25) is 9.69 Å². The molecule has 2 aromatic rings. The second-order valence-electron chi connectivity index (χ2n) is 6.79. The third-order valence-corrected chi connectivity index (χ3v) is 4.37. The lowest BCUT2D eigenvalue weighted by atomic mass is 10.1. The van der Waals surface area contributed by atoms with Crippen LogP contribution in [0.5, 0.6) is 0 Å². The molecule has 1 aliphatic rings. The van der Waals surface area contributed by atoms with Crippen molar-refractivity contribution >= 4 is 41.0 Å². The molecule has 8 nitrogen and oxygen atoms in total. The molecule has 0 saturated carbocycles. The molecule has 0 radical (unpaired) electrons. The quantitative estimate of drug-likeness (QED) is 0.764. The standard InChI is InChI=1S/C17H19ClN6O2/c1-9-4-5-10(6-12(9)18)21-14(25)11-7-20-15(22-13(11)19)24-8-17(2,3)23-16(24)26/h4-7H,8H2,1-3H3,(H,21,25)(H,23,26)(H2,19,20,22). The van der Waals surface area contributed by atoms with Crippen LogP contribution >= 0.6 is 11.6 Å². The van der Waals surface area contributed by atoms with E-state index in [2.05, 4.69) is 20.6 Å². The van der Waals surface area contributed by atoms with Gasteiger partial charge in [-0.15, -0.1) is 0 Å². The molecule has 1 aromatic heterocycles. The van der Waals surface area contributed by atoms with Crippen LogP contribution < -0.4 is 21.3 Å². The van der Waals surface area contributed by atoms with Crippen LogP contribution in [0.2, 0.25) is 5.02 Å². The fraction of sp³-hybridized carbons (Fsp3) is 0.294. The summed E-state index contributed by atoms with van der Waals surface area (Å²) < 4.78 is 0. The van der Waals surface area contributed by atoms with Crippen molar-refractivity contribution in [2.45, 2.75) is 26.3 Å². The monoisotopic (exact) mass is 374 g/mol. The number of aromatic nitrogens is 2. The number of nitrogen functional groups attached to an aromatic ring is 1. The van der Waals surface area contributed by atoms with E-state index in [-0.39, 0.29) is 23.4 Å². The minimum absolute atomic E-state index is 0.0109. The molecule has 0 aliphatic carbocycles. The molecule has 1 fully saturated rings. The molecule has 9 heteroatoms. The lowest BCUT2D eigenvalue weighted by Crippen LogP contribution is -2.36. The zero-order valence-electron chi connectivity index (χ0n) is 14.6. The summed E-state index contributed by atoms with van der Waals surface area (Å²) in [6.45, 7) is 6.05. The van der Waals surface area contributed by atoms with Gasteiger partial charge in [-0.05, 0) is 38.5 Å². The van der Waals surface area contributed by atoms with Crippen molar-refractivity contribution in [1.29, 1.82) is 0 Å². The largest absolute Gasteiger partial charge is 0.383 e. The third kappa shape index (κ3) is 3.55. The first-order valence-corrected chi connectivity index (χ1v) is 8.34. The highest BCUT2D eigenvalue weighted by molar-refractivity contribution is 6.31. The van der Waals surface area contributed by atoms with Crippen molar-refractivity contribution in [3.63, 3.8) is 0 Å². The molecule has 26 heavy (non-hydrogen) atoms. The highest BCUT2D eigenvalue weighted by Crippen LogP contribution is 2.23. The lowest BCUT2D eigenvalue weighted by molar-refractivity contribution is 0.102. The first-order valence-electron chi connectivity index (χ1n) is 7.96. The number of benzene rings is 1. The molecule has 136 valence electrons. The van der Waals surface area contributed by atoms with Crippen LogP contribution in [0.15, 0.2) is 24.4 Å². The molecular formula is C17H19ClN6O2. The van der Waals surface area contributed by atoms with Crippen molar-refractivity contribution in [1.82, 2.24) is 15.3 Å². The summed E-state index contributed by atoms with van der Waals surface area (Å²) in [5.41, 5.74) is 7.08. The van der Waals surface area contributed by atoms with Crippen LogP contribution in [-0.4, -0.2) is 34.0 Å². The lowest BCUT2D eigenvalue weighted by Gasteiger charge is -2.17. The summed E-state index contributed by atoms with van der Waals surface area (Å²) in [4.78, 5) is 34.1. The molecule has 3 amide bonds. The van der Waals surface area contributed by atoms with Gasteiger partial charge in [-0.25, -0.2) is 9.78 Å². The minimum Gasteiger partial charge on any atom is -0.383 e. The summed E-state index contributed by atoms with van der Waals surface area (Å²) >= 11 is 6.06. The second kappa shape index (κ2) is 6.45. The summed E-state index contributed by atoms with van der Waals surface area (Å²) in [7, 11) is 0. The molecule has 0 spiro atoms. The number of rotatable bonds is 3.